The van der Waals surface area contributed by atoms with Crippen LogP contribution in [0.5, 0.6) is 0 Å². The number of hydrogen-bond donors (Lipinski definition) is 1. The minimum Gasteiger partial charge on any atom is -0.422 e. The van der Waals surface area contributed by atoms with Gasteiger partial charge in [0.1, 0.15) is 5.82 Å². The molecule has 0 spiro atoms. The van der Waals surface area contributed by atoms with E-state index in [0.29, 0.717) is 29.4 Å². The highest BCUT2D eigenvalue weighted by molar-refractivity contribution is 5.94. The first-order chi connectivity index (χ1) is 12.2. The molecule has 25 heavy (non-hydrogen) atoms. The van der Waals surface area contributed by atoms with Crippen molar-refractivity contribution in [3.63, 3.8) is 0 Å². The topological polar surface area (TPSA) is 71.3 Å². The number of nitrogens with zero attached hydrogens (tertiary/aromatic N) is 3. The number of aromatic nitrogens is 2. The van der Waals surface area contributed by atoms with Crippen molar-refractivity contribution in [3.8, 4) is 0 Å². The number of hydrogen-bond acceptors (Lipinski definition) is 5. The van der Waals surface area contributed by atoms with E-state index >= 15 is 0 Å². The van der Waals surface area contributed by atoms with E-state index in [9.17, 15) is 9.18 Å². The first-order valence-corrected chi connectivity index (χ1v) is 8.22. The van der Waals surface area contributed by atoms with Gasteiger partial charge in [0.15, 0.2) is 5.58 Å². The zero-order valence-corrected chi connectivity index (χ0v) is 13.5. The Morgan fingerprint density at radius 2 is 2.12 bits per heavy atom. The second-order valence-corrected chi connectivity index (χ2v) is 6.09. The summed E-state index contributed by atoms with van der Waals surface area (Å²) < 4.78 is 18.7. The lowest BCUT2D eigenvalue weighted by Gasteiger charge is -2.32. The zero-order chi connectivity index (χ0) is 17.2. The minimum absolute atomic E-state index is 0.0192. The fourth-order valence-corrected chi connectivity index (χ4v) is 3.03. The van der Waals surface area contributed by atoms with Crippen molar-refractivity contribution < 1.29 is 13.6 Å². The Kier molecular flexibility index (Phi) is 4.05. The summed E-state index contributed by atoms with van der Waals surface area (Å²) in [5.41, 5.74) is 1.68. The van der Waals surface area contributed by atoms with Gasteiger partial charge in [-0.05, 0) is 49.2 Å². The highest BCUT2D eigenvalue weighted by Gasteiger charge is 2.25. The number of anilines is 1. The fraction of sp³-hybridized carbons (Fsp3) is 0.278. The van der Waals surface area contributed by atoms with E-state index < -0.39 is 0 Å². The maximum absolute atomic E-state index is 13.0. The third-order valence-electron chi connectivity index (χ3n) is 4.29. The van der Waals surface area contributed by atoms with Gasteiger partial charge in [0.05, 0.1) is 0 Å². The summed E-state index contributed by atoms with van der Waals surface area (Å²) in [5, 5.41) is 3.00. The average molecular weight is 340 g/mol. The van der Waals surface area contributed by atoms with Crippen molar-refractivity contribution in [3.05, 3.63) is 54.0 Å². The Balaban J connectivity index is 1.45. The standard InChI is InChI=1S/C18H17FN4O2/c19-13-7-5-12(6-8-13)17(24)21-14-3-2-10-23(11-14)18-22-16-15(25-18)4-1-9-20-16/h1,4-9,14H,2-3,10-11H2,(H,21,24). The van der Waals surface area contributed by atoms with Gasteiger partial charge < -0.3 is 14.6 Å². The van der Waals surface area contributed by atoms with Crippen LogP contribution in [0.4, 0.5) is 10.4 Å². The van der Waals surface area contributed by atoms with Crippen molar-refractivity contribution in [1.29, 1.82) is 0 Å². The lowest BCUT2D eigenvalue weighted by atomic mass is 10.1. The summed E-state index contributed by atoms with van der Waals surface area (Å²) in [6.45, 7) is 1.43. The van der Waals surface area contributed by atoms with E-state index in [1.165, 1.54) is 24.3 Å². The van der Waals surface area contributed by atoms with Gasteiger partial charge in [-0.1, -0.05) is 0 Å². The summed E-state index contributed by atoms with van der Waals surface area (Å²) >= 11 is 0. The summed E-state index contributed by atoms with van der Waals surface area (Å²) in [4.78, 5) is 22.9. The highest BCUT2D eigenvalue weighted by Crippen LogP contribution is 2.23. The van der Waals surface area contributed by atoms with Gasteiger partial charge in [-0.2, -0.15) is 4.98 Å². The van der Waals surface area contributed by atoms with Crippen molar-refractivity contribution in [2.75, 3.05) is 18.0 Å². The molecule has 1 unspecified atom stereocenters. The van der Waals surface area contributed by atoms with E-state index in [2.05, 4.69) is 15.3 Å². The Hall–Kier alpha value is -2.96. The molecule has 0 radical (unpaired) electrons. The Labute approximate surface area is 143 Å². The molecule has 1 aliphatic heterocycles. The lowest BCUT2D eigenvalue weighted by Crippen LogP contribution is -2.48. The van der Waals surface area contributed by atoms with Gasteiger partial charge in [0, 0.05) is 30.9 Å². The van der Waals surface area contributed by atoms with Gasteiger partial charge in [-0.15, -0.1) is 0 Å². The second-order valence-electron chi connectivity index (χ2n) is 6.09. The van der Waals surface area contributed by atoms with Crippen molar-refractivity contribution in [2.45, 2.75) is 18.9 Å². The molecular weight excluding hydrogens is 323 g/mol. The second kappa shape index (κ2) is 6.51. The SMILES string of the molecule is O=C(NC1CCCN(c2nc3ncccc3o2)C1)c1ccc(F)cc1. The Morgan fingerprint density at radius 1 is 1.28 bits per heavy atom. The first kappa shape index (κ1) is 15.6. The summed E-state index contributed by atoms with van der Waals surface area (Å²) in [7, 11) is 0. The van der Waals surface area contributed by atoms with Crippen LogP contribution in [0.3, 0.4) is 0 Å². The summed E-state index contributed by atoms with van der Waals surface area (Å²) in [6.07, 6.45) is 3.47. The molecule has 6 nitrogen and oxygen atoms in total. The fourth-order valence-electron chi connectivity index (χ4n) is 3.03. The van der Waals surface area contributed by atoms with E-state index in [1.54, 1.807) is 12.3 Å². The molecular formula is C18H17FN4O2. The number of carbonyl (C=O) groups excluding carboxylic acids is 1. The van der Waals surface area contributed by atoms with Gasteiger partial charge in [0.2, 0.25) is 5.65 Å². The predicted molar refractivity (Wildman–Crippen MR) is 90.9 cm³/mol. The molecule has 4 rings (SSSR count). The van der Waals surface area contributed by atoms with E-state index in [1.807, 2.05) is 11.0 Å². The number of pyridine rings is 1. The number of piperidine rings is 1. The number of fused-ring (bicyclic) bond motifs is 1. The van der Waals surface area contributed by atoms with Gasteiger partial charge in [-0.25, -0.2) is 9.37 Å². The maximum atomic E-state index is 13.0. The lowest BCUT2D eigenvalue weighted by molar-refractivity contribution is 0.0932. The smallest absolute Gasteiger partial charge is 0.300 e. The van der Waals surface area contributed by atoms with Gasteiger partial charge in [0.25, 0.3) is 11.9 Å². The molecule has 1 fully saturated rings. The molecule has 2 aromatic heterocycles. The number of amides is 1. The monoisotopic (exact) mass is 340 g/mol. The molecule has 0 saturated carbocycles. The van der Waals surface area contributed by atoms with Crippen molar-refractivity contribution in [2.24, 2.45) is 0 Å². The minimum atomic E-state index is -0.357. The molecule has 0 bridgehead atoms. The maximum Gasteiger partial charge on any atom is 0.300 e. The van der Waals surface area contributed by atoms with Crippen LogP contribution in [-0.2, 0) is 0 Å². The van der Waals surface area contributed by atoms with Crippen LogP contribution in [0.1, 0.15) is 23.2 Å². The molecule has 1 saturated heterocycles. The molecule has 128 valence electrons. The molecule has 1 aliphatic rings. The Morgan fingerprint density at radius 3 is 2.92 bits per heavy atom. The van der Waals surface area contributed by atoms with Gasteiger partial charge >= 0.3 is 0 Å². The molecule has 1 atom stereocenters. The number of benzene rings is 1. The van der Waals surface area contributed by atoms with Gasteiger partial charge in [-0.3, -0.25) is 4.79 Å². The molecule has 1 N–H and O–H groups in total. The number of rotatable bonds is 3. The number of halogens is 1. The summed E-state index contributed by atoms with van der Waals surface area (Å²) in [5.74, 6) is -0.559. The molecule has 3 aromatic rings. The molecule has 1 aromatic carbocycles. The number of carbonyl (C=O) groups is 1. The van der Waals surface area contributed by atoms with Crippen LogP contribution in [0, 0.1) is 5.82 Å². The summed E-state index contributed by atoms with van der Waals surface area (Å²) in [6, 6.07) is 9.68. The quantitative estimate of drug-likeness (QED) is 0.794. The predicted octanol–water partition coefficient (Wildman–Crippen LogP) is 2.76. The number of oxazole rings is 1. The highest BCUT2D eigenvalue weighted by atomic mass is 19.1. The molecule has 0 aliphatic carbocycles. The van der Waals surface area contributed by atoms with Crippen molar-refractivity contribution >= 4 is 23.2 Å². The third kappa shape index (κ3) is 3.31. The van der Waals surface area contributed by atoms with Crippen molar-refractivity contribution in [1.82, 2.24) is 15.3 Å². The van der Waals surface area contributed by atoms with E-state index in [0.717, 1.165) is 19.4 Å². The normalized spacial score (nSPS) is 17.6. The Bertz CT molecular complexity index is 860. The third-order valence-corrected chi connectivity index (χ3v) is 4.29. The van der Waals surface area contributed by atoms with E-state index in [4.69, 9.17) is 4.42 Å². The van der Waals surface area contributed by atoms with Crippen LogP contribution in [-0.4, -0.2) is 35.0 Å². The van der Waals surface area contributed by atoms with Crippen LogP contribution in [0.2, 0.25) is 0 Å². The zero-order valence-electron chi connectivity index (χ0n) is 13.5. The largest absolute Gasteiger partial charge is 0.422 e. The van der Waals surface area contributed by atoms with Crippen LogP contribution >= 0.6 is 0 Å². The van der Waals surface area contributed by atoms with Crippen LogP contribution < -0.4 is 10.2 Å². The number of nitrogens with one attached hydrogen (secondary N) is 1. The average Bonchev–Trinajstić information content (AvgIpc) is 3.07. The molecule has 1 amide bonds. The molecule has 3 heterocycles. The van der Waals surface area contributed by atoms with Crippen LogP contribution in [0.15, 0.2) is 47.0 Å². The van der Waals surface area contributed by atoms with E-state index in [-0.39, 0.29) is 17.8 Å². The molecule has 7 heteroatoms. The van der Waals surface area contributed by atoms with Crippen LogP contribution in [0.25, 0.3) is 11.2 Å². The first-order valence-electron chi connectivity index (χ1n) is 8.22.